The molecular formula is C19H20ClN3O6S. The SMILES string of the molecule is COc1ccc(S(=O)(=O)N2CCCC(C(=O)Nc3cc([N+](=O)[O-])ccc3Cl)C2)cc1. The van der Waals surface area contributed by atoms with Gasteiger partial charge in [0.1, 0.15) is 5.75 Å². The Labute approximate surface area is 178 Å². The second kappa shape index (κ2) is 8.99. The smallest absolute Gasteiger partial charge is 0.271 e. The minimum Gasteiger partial charge on any atom is -0.497 e. The predicted molar refractivity (Wildman–Crippen MR) is 111 cm³/mol. The van der Waals surface area contributed by atoms with Crippen molar-refractivity contribution in [1.82, 2.24) is 4.31 Å². The minimum absolute atomic E-state index is 0.00669. The Morgan fingerprint density at radius 3 is 2.60 bits per heavy atom. The summed E-state index contributed by atoms with van der Waals surface area (Å²) in [6, 6.07) is 9.78. The number of carbonyl (C=O) groups excluding carboxylic acids is 1. The van der Waals surface area contributed by atoms with E-state index in [4.69, 9.17) is 16.3 Å². The van der Waals surface area contributed by atoms with Crippen molar-refractivity contribution in [2.75, 3.05) is 25.5 Å². The highest BCUT2D eigenvalue weighted by molar-refractivity contribution is 7.89. The van der Waals surface area contributed by atoms with Crippen LogP contribution in [0.4, 0.5) is 11.4 Å². The van der Waals surface area contributed by atoms with Gasteiger partial charge in [0.2, 0.25) is 15.9 Å². The Hall–Kier alpha value is -2.69. The van der Waals surface area contributed by atoms with Crippen molar-refractivity contribution in [1.29, 1.82) is 0 Å². The van der Waals surface area contributed by atoms with E-state index >= 15 is 0 Å². The number of ether oxygens (including phenoxy) is 1. The maximum Gasteiger partial charge on any atom is 0.271 e. The molecule has 1 aliphatic heterocycles. The normalized spacial score (nSPS) is 17.3. The number of rotatable bonds is 6. The molecule has 1 fully saturated rings. The fourth-order valence-corrected chi connectivity index (χ4v) is 4.92. The van der Waals surface area contributed by atoms with Gasteiger partial charge in [-0.25, -0.2) is 8.42 Å². The Morgan fingerprint density at radius 1 is 1.27 bits per heavy atom. The molecule has 1 heterocycles. The monoisotopic (exact) mass is 453 g/mol. The molecule has 1 N–H and O–H groups in total. The number of amides is 1. The van der Waals surface area contributed by atoms with Crippen molar-refractivity contribution in [3.05, 3.63) is 57.6 Å². The number of hydrogen-bond donors (Lipinski definition) is 1. The lowest BCUT2D eigenvalue weighted by Crippen LogP contribution is -2.43. The lowest BCUT2D eigenvalue weighted by atomic mass is 9.98. The molecule has 2 aromatic carbocycles. The van der Waals surface area contributed by atoms with Gasteiger partial charge in [0, 0.05) is 25.2 Å². The van der Waals surface area contributed by atoms with Crippen LogP contribution in [-0.4, -0.2) is 43.8 Å². The molecule has 3 rings (SSSR count). The maximum atomic E-state index is 12.9. The molecule has 1 unspecified atom stereocenters. The second-order valence-corrected chi connectivity index (χ2v) is 9.13. The van der Waals surface area contributed by atoms with Gasteiger partial charge in [0.05, 0.1) is 33.6 Å². The molecule has 0 bridgehead atoms. The number of methoxy groups -OCH3 is 1. The van der Waals surface area contributed by atoms with Crippen LogP contribution in [0.5, 0.6) is 5.75 Å². The summed E-state index contributed by atoms with van der Waals surface area (Å²) in [5.74, 6) is -0.507. The third-order valence-electron chi connectivity index (χ3n) is 4.87. The van der Waals surface area contributed by atoms with Gasteiger partial charge in [-0.15, -0.1) is 0 Å². The standard InChI is InChI=1S/C19H20ClN3O6S/c1-29-15-5-7-16(8-6-15)30(27,28)22-10-2-3-13(12-22)19(24)21-18-11-14(23(25)26)4-9-17(18)20/h4-9,11,13H,2-3,10,12H2,1H3,(H,21,24). The summed E-state index contributed by atoms with van der Waals surface area (Å²) < 4.78 is 32.2. The van der Waals surface area contributed by atoms with Gasteiger partial charge >= 0.3 is 0 Å². The first-order valence-corrected chi connectivity index (χ1v) is 10.9. The summed E-state index contributed by atoms with van der Waals surface area (Å²) in [7, 11) is -2.28. The Morgan fingerprint density at radius 2 is 1.97 bits per heavy atom. The second-order valence-electron chi connectivity index (χ2n) is 6.79. The maximum absolute atomic E-state index is 12.9. The molecule has 1 saturated heterocycles. The Bertz CT molecular complexity index is 1060. The van der Waals surface area contributed by atoms with E-state index in [1.54, 1.807) is 12.1 Å². The van der Waals surface area contributed by atoms with Gasteiger partial charge in [-0.1, -0.05) is 11.6 Å². The van der Waals surface area contributed by atoms with Gasteiger partial charge in [-0.05, 0) is 43.2 Å². The van der Waals surface area contributed by atoms with Gasteiger partial charge in [-0.3, -0.25) is 14.9 Å². The number of non-ortho nitro benzene ring substituents is 1. The first-order valence-electron chi connectivity index (χ1n) is 9.11. The molecule has 1 amide bonds. The van der Waals surface area contributed by atoms with Gasteiger partial charge in [0.25, 0.3) is 5.69 Å². The van der Waals surface area contributed by atoms with Crippen molar-refractivity contribution in [2.45, 2.75) is 17.7 Å². The van der Waals surface area contributed by atoms with Crippen LogP contribution in [0.2, 0.25) is 5.02 Å². The zero-order valence-electron chi connectivity index (χ0n) is 16.1. The lowest BCUT2D eigenvalue weighted by molar-refractivity contribution is -0.384. The van der Waals surface area contributed by atoms with Crippen LogP contribution in [0.3, 0.4) is 0 Å². The number of halogens is 1. The molecule has 1 atom stereocenters. The van der Waals surface area contributed by atoms with E-state index < -0.39 is 26.8 Å². The lowest BCUT2D eigenvalue weighted by Gasteiger charge is -2.31. The summed E-state index contributed by atoms with van der Waals surface area (Å²) in [5.41, 5.74) is -0.0898. The van der Waals surface area contributed by atoms with E-state index in [1.165, 1.54) is 41.7 Å². The van der Waals surface area contributed by atoms with Crippen molar-refractivity contribution in [2.24, 2.45) is 5.92 Å². The number of carbonyl (C=O) groups is 1. The van der Waals surface area contributed by atoms with E-state index in [0.717, 1.165) is 0 Å². The summed E-state index contributed by atoms with van der Waals surface area (Å²) in [6.07, 6.45) is 1.00. The summed E-state index contributed by atoms with van der Waals surface area (Å²) >= 11 is 6.04. The average molecular weight is 454 g/mol. The fourth-order valence-electron chi connectivity index (χ4n) is 3.23. The molecule has 11 heteroatoms. The number of nitro groups is 1. The molecule has 2 aromatic rings. The summed E-state index contributed by atoms with van der Waals surface area (Å²) in [4.78, 5) is 23.2. The molecule has 0 spiro atoms. The van der Waals surface area contributed by atoms with E-state index in [2.05, 4.69) is 5.32 Å². The number of anilines is 1. The third kappa shape index (κ3) is 4.72. The Balaban J connectivity index is 1.74. The summed E-state index contributed by atoms with van der Waals surface area (Å²) in [6.45, 7) is 0.308. The quantitative estimate of drug-likeness (QED) is 0.529. The molecule has 1 aliphatic rings. The molecule has 160 valence electrons. The van der Waals surface area contributed by atoms with E-state index in [-0.39, 0.29) is 27.8 Å². The van der Waals surface area contributed by atoms with Crippen molar-refractivity contribution in [3.8, 4) is 5.75 Å². The predicted octanol–water partition coefficient (Wildman–Crippen LogP) is 3.30. The van der Waals surface area contributed by atoms with E-state index in [9.17, 15) is 23.3 Å². The molecule has 30 heavy (non-hydrogen) atoms. The highest BCUT2D eigenvalue weighted by atomic mass is 35.5. The van der Waals surface area contributed by atoms with Crippen LogP contribution < -0.4 is 10.1 Å². The summed E-state index contributed by atoms with van der Waals surface area (Å²) in [5, 5.41) is 13.7. The number of nitro benzene ring substituents is 1. The fraction of sp³-hybridized carbons (Fsp3) is 0.316. The number of sulfonamides is 1. The number of hydrogen-bond acceptors (Lipinski definition) is 6. The van der Waals surface area contributed by atoms with Crippen molar-refractivity contribution >= 4 is 38.9 Å². The van der Waals surface area contributed by atoms with Crippen LogP contribution in [0.25, 0.3) is 0 Å². The van der Waals surface area contributed by atoms with Crippen LogP contribution in [0, 0.1) is 16.0 Å². The average Bonchev–Trinajstić information content (AvgIpc) is 2.75. The van der Waals surface area contributed by atoms with Crippen LogP contribution in [0.1, 0.15) is 12.8 Å². The van der Waals surface area contributed by atoms with Gasteiger partial charge in [0.15, 0.2) is 0 Å². The molecule has 9 nitrogen and oxygen atoms in total. The number of benzene rings is 2. The zero-order chi connectivity index (χ0) is 21.9. The topological polar surface area (TPSA) is 119 Å². The molecule has 0 radical (unpaired) electrons. The largest absolute Gasteiger partial charge is 0.497 e. The van der Waals surface area contributed by atoms with E-state index in [0.29, 0.717) is 25.1 Å². The number of piperidine rings is 1. The van der Waals surface area contributed by atoms with Crippen LogP contribution in [-0.2, 0) is 14.8 Å². The van der Waals surface area contributed by atoms with Crippen LogP contribution in [0.15, 0.2) is 47.4 Å². The highest BCUT2D eigenvalue weighted by Gasteiger charge is 2.33. The molecular weight excluding hydrogens is 434 g/mol. The first kappa shape index (κ1) is 22.0. The Kier molecular flexibility index (Phi) is 6.59. The zero-order valence-corrected chi connectivity index (χ0v) is 17.6. The molecule has 0 aromatic heterocycles. The van der Waals surface area contributed by atoms with E-state index in [1.807, 2.05) is 0 Å². The highest BCUT2D eigenvalue weighted by Crippen LogP contribution is 2.29. The van der Waals surface area contributed by atoms with Crippen molar-refractivity contribution < 1.29 is 22.9 Å². The van der Waals surface area contributed by atoms with Gasteiger partial charge in [-0.2, -0.15) is 4.31 Å². The first-order chi connectivity index (χ1) is 14.2. The van der Waals surface area contributed by atoms with Crippen LogP contribution >= 0.6 is 11.6 Å². The third-order valence-corrected chi connectivity index (χ3v) is 7.08. The van der Waals surface area contributed by atoms with Crippen molar-refractivity contribution in [3.63, 3.8) is 0 Å². The molecule has 0 aliphatic carbocycles. The number of nitrogens with zero attached hydrogens (tertiary/aromatic N) is 2. The van der Waals surface area contributed by atoms with Gasteiger partial charge < -0.3 is 10.1 Å². The minimum atomic E-state index is -3.77. The molecule has 0 saturated carbocycles. The number of nitrogens with one attached hydrogen (secondary N) is 1.